The minimum Gasteiger partial charge on any atom is -0.355 e. The summed E-state index contributed by atoms with van der Waals surface area (Å²) in [6, 6.07) is 6.10. The Morgan fingerprint density at radius 3 is 2.62 bits per heavy atom. The highest BCUT2D eigenvalue weighted by molar-refractivity contribution is 5.78. The molecule has 1 aliphatic carbocycles. The average molecular weight is 288 g/mol. The van der Waals surface area contributed by atoms with Crippen LogP contribution in [0.3, 0.4) is 0 Å². The van der Waals surface area contributed by atoms with Crippen LogP contribution in [0.15, 0.2) is 35.9 Å². The van der Waals surface area contributed by atoms with Gasteiger partial charge in [-0.05, 0) is 37.7 Å². The Labute approximate surface area is 124 Å². The number of amides is 1. The summed E-state index contributed by atoms with van der Waals surface area (Å²) in [4.78, 5) is 21.9. The first-order valence-electron chi connectivity index (χ1n) is 7.33. The second-order valence-corrected chi connectivity index (χ2v) is 5.31. The number of nitrogens with one attached hydrogen (secondary N) is 1. The second kappa shape index (κ2) is 7.57. The number of nitro benzene ring substituents is 1. The minimum absolute atomic E-state index is 0.0414. The number of rotatable bonds is 6. The van der Waals surface area contributed by atoms with Crippen molar-refractivity contribution in [1.82, 2.24) is 5.32 Å². The third-order valence-corrected chi connectivity index (χ3v) is 3.67. The summed E-state index contributed by atoms with van der Waals surface area (Å²) in [5.74, 6) is -0.0414. The van der Waals surface area contributed by atoms with Crippen molar-refractivity contribution in [1.29, 1.82) is 0 Å². The Hall–Kier alpha value is -2.17. The minimum atomic E-state index is -0.443. The van der Waals surface area contributed by atoms with Gasteiger partial charge >= 0.3 is 0 Å². The molecule has 0 unspecified atom stereocenters. The van der Waals surface area contributed by atoms with Crippen LogP contribution in [0.2, 0.25) is 0 Å². The second-order valence-electron chi connectivity index (χ2n) is 5.31. The summed E-state index contributed by atoms with van der Waals surface area (Å²) in [7, 11) is 0. The third kappa shape index (κ3) is 5.02. The molecule has 1 amide bonds. The zero-order valence-corrected chi connectivity index (χ0v) is 12.0. The average Bonchev–Trinajstić information content (AvgIpc) is 2.49. The molecule has 0 aromatic heterocycles. The van der Waals surface area contributed by atoms with E-state index in [0.29, 0.717) is 6.54 Å². The molecule has 2 rings (SSSR count). The Morgan fingerprint density at radius 2 is 2.00 bits per heavy atom. The highest BCUT2D eigenvalue weighted by Gasteiger charge is 2.08. The van der Waals surface area contributed by atoms with Crippen LogP contribution in [0.25, 0.3) is 0 Å². The fourth-order valence-corrected chi connectivity index (χ4v) is 2.48. The van der Waals surface area contributed by atoms with E-state index >= 15 is 0 Å². The van der Waals surface area contributed by atoms with Gasteiger partial charge in [-0.1, -0.05) is 23.8 Å². The molecule has 5 nitrogen and oxygen atoms in total. The van der Waals surface area contributed by atoms with Crippen LogP contribution >= 0.6 is 0 Å². The molecule has 1 aliphatic rings. The molecule has 5 heteroatoms. The van der Waals surface area contributed by atoms with Crippen LogP contribution in [0.1, 0.15) is 37.7 Å². The van der Waals surface area contributed by atoms with Crippen molar-refractivity contribution < 1.29 is 9.72 Å². The number of benzene rings is 1. The fourth-order valence-electron chi connectivity index (χ4n) is 2.48. The summed E-state index contributed by atoms with van der Waals surface area (Å²) in [5, 5.41) is 13.4. The summed E-state index contributed by atoms with van der Waals surface area (Å²) >= 11 is 0. The zero-order chi connectivity index (χ0) is 15.1. The first-order chi connectivity index (χ1) is 10.1. The van der Waals surface area contributed by atoms with Gasteiger partial charge in [0.1, 0.15) is 0 Å². The molecule has 1 N–H and O–H groups in total. The summed E-state index contributed by atoms with van der Waals surface area (Å²) in [5.41, 5.74) is 2.27. The predicted molar refractivity (Wildman–Crippen MR) is 81.0 cm³/mol. The monoisotopic (exact) mass is 288 g/mol. The lowest BCUT2D eigenvalue weighted by Crippen LogP contribution is -2.26. The third-order valence-electron chi connectivity index (χ3n) is 3.67. The first kappa shape index (κ1) is 15.2. The Kier molecular flexibility index (Phi) is 5.49. The molecule has 0 atom stereocenters. The largest absolute Gasteiger partial charge is 0.355 e. The lowest BCUT2D eigenvalue weighted by atomic mass is 9.97. The normalized spacial score (nSPS) is 14.4. The molecule has 0 radical (unpaired) electrons. The van der Waals surface area contributed by atoms with E-state index in [2.05, 4.69) is 11.4 Å². The number of hydrogen-bond donors (Lipinski definition) is 1. The highest BCUT2D eigenvalue weighted by atomic mass is 16.6. The molecular weight excluding hydrogens is 268 g/mol. The van der Waals surface area contributed by atoms with E-state index in [0.717, 1.165) is 24.8 Å². The van der Waals surface area contributed by atoms with Crippen LogP contribution in [0.5, 0.6) is 0 Å². The van der Waals surface area contributed by atoms with Crippen LogP contribution in [-0.4, -0.2) is 17.4 Å². The smallest absolute Gasteiger partial charge is 0.269 e. The van der Waals surface area contributed by atoms with Gasteiger partial charge in [-0.2, -0.15) is 0 Å². The molecule has 0 spiro atoms. The van der Waals surface area contributed by atoms with Gasteiger partial charge in [0.15, 0.2) is 0 Å². The van der Waals surface area contributed by atoms with Gasteiger partial charge in [0.25, 0.3) is 5.69 Å². The maximum Gasteiger partial charge on any atom is 0.269 e. The van der Waals surface area contributed by atoms with E-state index < -0.39 is 4.92 Å². The van der Waals surface area contributed by atoms with Crippen molar-refractivity contribution in [2.24, 2.45) is 0 Å². The van der Waals surface area contributed by atoms with E-state index in [1.807, 2.05) is 0 Å². The molecule has 0 saturated carbocycles. The topological polar surface area (TPSA) is 72.2 Å². The molecule has 21 heavy (non-hydrogen) atoms. The number of nitrogens with zero attached hydrogens (tertiary/aromatic N) is 1. The molecular formula is C16H20N2O3. The van der Waals surface area contributed by atoms with E-state index in [4.69, 9.17) is 0 Å². The first-order valence-corrected chi connectivity index (χ1v) is 7.33. The van der Waals surface area contributed by atoms with Crippen LogP contribution in [0.4, 0.5) is 5.69 Å². The van der Waals surface area contributed by atoms with Crippen molar-refractivity contribution in [2.45, 2.75) is 38.5 Å². The fraction of sp³-hybridized carbons (Fsp3) is 0.438. The van der Waals surface area contributed by atoms with Gasteiger partial charge in [-0.3, -0.25) is 14.9 Å². The van der Waals surface area contributed by atoms with Crippen LogP contribution < -0.4 is 5.32 Å². The Balaban J connectivity index is 1.73. The number of carbonyl (C=O) groups is 1. The molecule has 0 aliphatic heterocycles. The number of hydrogen-bond acceptors (Lipinski definition) is 3. The quantitative estimate of drug-likeness (QED) is 0.496. The maximum absolute atomic E-state index is 11.8. The summed E-state index contributed by atoms with van der Waals surface area (Å²) in [6.07, 6.45) is 8.30. The standard InChI is InChI=1S/C16H20N2O3/c19-16(17-11-10-13-4-2-1-3-5-13)12-14-6-8-15(9-7-14)18(20)21/h4,6-9H,1-3,5,10-12H2,(H,17,19). The van der Waals surface area contributed by atoms with Gasteiger partial charge in [0.2, 0.25) is 5.91 Å². The van der Waals surface area contributed by atoms with Gasteiger partial charge < -0.3 is 5.32 Å². The van der Waals surface area contributed by atoms with E-state index in [1.54, 1.807) is 12.1 Å². The van der Waals surface area contributed by atoms with E-state index in [1.165, 1.54) is 30.5 Å². The Bertz CT molecular complexity index is 535. The van der Waals surface area contributed by atoms with Crippen LogP contribution in [-0.2, 0) is 11.2 Å². The van der Waals surface area contributed by atoms with Crippen molar-refractivity contribution in [3.63, 3.8) is 0 Å². The van der Waals surface area contributed by atoms with Crippen molar-refractivity contribution in [2.75, 3.05) is 6.54 Å². The SMILES string of the molecule is O=C(Cc1ccc([N+](=O)[O-])cc1)NCCC1=CCCCC1. The molecule has 1 aromatic carbocycles. The van der Waals surface area contributed by atoms with Gasteiger partial charge in [-0.15, -0.1) is 0 Å². The molecule has 0 bridgehead atoms. The van der Waals surface area contributed by atoms with Gasteiger partial charge in [0.05, 0.1) is 11.3 Å². The lowest BCUT2D eigenvalue weighted by molar-refractivity contribution is -0.384. The number of allylic oxidation sites excluding steroid dienone is 1. The van der Waals surface area contributed by atoms with Crippen molar-refractivity contribution in [3.8, 4) is 0 Å². The zero-order valence-electron chi connectivity index (χ0n) is 12.0. The molecule has 112 valence electrons. The van der Waals surface area contributed by atoms with Gasteiger partial charge in [-0.25, -0.2) is 0 Å². The molecule has 0 saturated heterocycles. The highest BCUT2D eigenvalue weighted by Crippen LogP contribution is 2.19. The lowest BCUT2D eigenvalue weighted by Gasteiger charge is -2.12. The van der Waals surface area contributed by atoms with Gasteiger partial charge in [0, 0.05) is 18.7 Å². The Morgan fingerprint density at radius 1 is 1.24 bits per heavy atom. The van der Waals surface area contributed by atoms with Crippen molar-refractivity contribution in [3.05, 3.63) is 51.6 Å². The molecule has 0 fully saturated rings. The summed E-state index contributed by atoms with van der Waals surface area (Å²) < 4.78 is 0. The number of nitro groups is 1. The van der Waals surface area contributed by atoms with E-state index in [9.17, 15) is 14.9 Å². The molecule has 0 heterocycles. The number of carbonyl (C=O) groups excluding carboxylic acids is 1. The van der Waals surface area contributed by atoms with E-state index in [-0.39, 0.29) is 18.0 Å². The van der Waals surface area contributed by atoms with Crippen LogP contribution in [0, 0.1) is 10.1 Å². The predicted octanol–water partition coefficient (Wildman–Crippen LogP) is 3.14. The maximum atomic E-state index is 11.8. The summed E-state index contributed by atoms with van der Waals surface area (Å²) in [6.45, 7) is 0.664. The number of non-ortho nitro benzene ring substituents is 1. The molecule has 1 aromatic rings. The van der Waals surface area contributed by atoms with Crippen molar-refractivity contribution >= 4 is 11.6 Å².